The van der Waals surface area contributed by atoms with Gasteiger partial charge in [0, 0.05) is 13.1 Å². The lowest BCUT2D eigenvalue weighted by atomic mass is 10.2. The summed E-state index contributed by atoms with van der Waals surface area (Å²) in [4.78, 5) is 13.3. The van der Waals surface area contributed by atoms with Gasteiger partial charge in [-0.25, -0.2) is 4.39 Å². The average molecular weight is 283 g/mol. The Bertz CT molecular complexity index is 482. The molecule has 1 amide bonds. The number of amides is 1. The lowest BCUT2D eigenvalue weighted by molar-refractivity contribution is -0.136. The van der Waals surface area contributed by atoms with Gasteiger partial charge >= 0.3 is 0 Å². The summed E-state index contributed by atoms with van der Waals surface area (Å²) in [6.07, 6.45) is -0.712. The molecule has 1 aliphatic carbocycles. The molecule has 0 aliphatic heterocycles. The van der Waals surface area contributed by atoms with E-state index in [9.17, 15) is 19.4 Å². The molecule has 0 unspecified atom stereocenters. The Morgan fingerprint density at radius 2 is 2.20 bits per heavy atom. The van der Waals surface area contributed by atoms with Gasteiger partial charge in [-0.1, -0.05) is 6.07 Å². The van der Waals surface area contributed by atoms with Crippen molar-refractivity contribution in [1.29, 1.82) is 0 Å². The highest BCUT2D eigenvalue weighted by Crippen LogP contribution is 2.24. The van der Waals surface area contributed by atoms with Crippen LogP contribution in [0.2, 0.25) is 0 Å². The standard InChI is InChI=1S/C14H18FNO4/c1-16(11-5-6-12(17)14(11)19)13(18)8-20-10-4-2-3-9(15)7-10/h2-4,7,11-12,14,17,19H,5-6,8H2,1H3/t11-,12-,14-/m1/s1. The monoisotopic (exact) mass is 283 g/mol. The first-order chi connectivity index (χ1) is 9.49. The number of aliphatic hydroxyl groups excluding tert-OH is 2. The molecule has 1 fully saturated rings. The van der Waals surface area contributed by atoms with E-state index in [4.69, 9.17) is 4.74 Å². The van der Waals surface area contributed by atoms with Crippen molar-refractivity contribution in [3.63, 3.8) is 0 Å². The number of hydrogen-bond acceptors (Lipinski definition) is 4. The first kappa shape index (κ1) is 14.7. The van der Waals surface area contributed by atoms with Crippen LogP contribution in [-0.4, -0.2) is 52.9 Å². The number of likely N-dealkylation sites (N-methyl/N-ethyl adjacent to an activating group) is 1. The van der Waals surface area contributed by atoms with Crippen LogP contribution in [0, 0.1) is 5.82 Å². The van der Waals surface area contributed by atoms with Crippen LogP contribution < -0.4 is 4.74 Å². The minimum atomic E-state index is -0.932. The van der Waals surface area contributed by atoms with Crippen LogP contribution in [-0.2, 0) is 4.79 Å². The summed E-state index contributed by atoms with van der Waals surface area (Å²) in [5.41, 5.74) is 0. The predicted octanol–water partition coefficient (Wildman–Crippen LogP) is 0.547. The summed E-state index contributed by atoms with van der Waals surface area (Å²) in [6.45, 7) is -0.237. The van der Waals surface area contributed by atoms with Gasteiger partial charge in [0.25, 0.3) is 5.91 Å². The molecule has 6 heteroatoms. The fourth-order valence-corrected chi connectivity index (χ4v) is 2.35. The van der Waals surface area contributed by atoms with Crippen molar-refractivity contribution in [2.75, 3.05) is 13.7 Å². The number of nitrogens with zero attached hydrogens (tertiary/aromatic N) is 1. The fourth-order valence-electron chi connectivity index (χ4n) is 2.35. The molecule has 1 saturated carbocycles. The second-order valence-corrected chi connectivity index (χ2v) is 4.95. The highest BCUT2D eigenvalue weighted by atomic mass is 19.1. The molecule has 0 radical (unpaired) electrons. The van der Waals surface area contributed by atoms with E-state index < -0.39 is 24.1 Å². The normalized spacial score (nSPS) is 25.5. The van der Waals surface area contributed by atoms with Gasteiger partial charge in [0.05, 0.1) is 12.1 Å². The molecule has 0 saturated heterocycles. The maximum Gasteiger partial charge on any atom is 0.260 e. The topological polar surface area (TPSA) is 70.0 Å². The minimum absolute atomic E-state index is 0.237. The van der Waals surface area contributed by atoms with Crippen molar-refractivity contribution in [3.05, 3.63) is 30.1 Å². The van der Waals surface area contributed by atoms with Crippen molar-refractivity contribution in [1.82, 2.24) is 4.90 Å². The average Bonchev–Trinajstić information content (AvgIpc) is 2.76. The Hall–Kier alpha value is -1.66. The SMILES string of the molecule is CN(C(=O)COc1cccc(F)c1)[C@@H]1CC[C@@H](O)[C@@H]1O. The minimum Gasteiger partial charge on any atom is -0.484 e. The number of halogens is 1. The lowest BCUT2D eigenvalue weighted by Gasteiger charge is -2.27. The highest BCUT2D eigenvalue weighted by molar-refractivity contribution is 5.78. The Morgan fingerprint density at radius 1 is 1.45 bits per heavy atom. The molecule has 0 bridgehead atoms. The summed E-state index contributed by atoms with van der Waals surface area (Å²) in [6, 6.07) is 5.13. The summed E-state index contributed by atoms with van der Waals surface area (Å²) in [7, 11) is 1.56. The number of benzene rings is 1. The zero-order valence-electron chi connectivity index (χ0n) is 11.2. The number of aliphatic hydroxyl groups is 2. The largest absolute Gasteiger partial charge is 0.484 e. The van der Waals surface area contributed by atoms with Gasteiger partial charge in [-0.3, -0.25) is 4.79 Å². The van der Waals surface area contributed by atoms with Crippen LogP contribution in [0.4, 0.5) is 4.39 Å². The molecule has 5 nitrogen and oxygen atoms in total. The van der Waals surface area contributed by atoms with Crippen molar-refractivity contribution in [2.24, 2.45) is 0 Å². The van der Waals surface area contributed by atoms with E-state index in [-0.39, 0.29) is 18.3 Å². The molecule has 0 spiro atoms. The summed E-state index contributed by atoms with van der Waals surface area (Å²) in [5, 5.41) is 19.2. The Kier molecular flexibility index (Phi) is 4.57. The van der Waals surface area contributed by atoms with Crippen LogP contribution in [0.5, 0.6) is 5.75 Å². The third-order valence-corrected chi connectivity index (χ3v) is 3.60. The zero-order valence-corrected chi connectivity index (χ0v) is 11.2. The van der Waals surface area contributed by atoms with E-state index in [1.807, 2.05) is 0 Å². The molecule has 110 valence electrons. The molecular formula is C14H18FNO4. The van der Waals surface area contributed by atoms with Crippen molar-refractivity contribution in [2.45, 2.75) is 31.1 Å². The number of carbonyl (C=O) groups excluding carboxylic acids is 1. The van der Waals surface area contributed by atoms with E-state index >= 15 is 0 Å². The fraction of sp³-hybridized carbons (Fsp3) is 0.500. The summed E-state index contributed by atoms with van der Waals surface area (Å²) >= 11 is 0. The van der Waals surface area contributed by atoms with E-state index in [1.165, 1.54) is 23.1 Å². The molecule has 0 heterocycles. The van der Waals surface area contributed by atoms with Crippen molar-refractivity contribution >= 4 is 5.91 Å². The molecule has 1 aromatic carbocycles. The molecule has 0 aromatic heterocycles. The van der Waals surface area contributed by atoms with Gasteiger partial charge in [-0.2, -0.15) is 0 Å². The molecule has 2 N–H and O–H groups in total. The number of carbonyl (C=O) groups is 1. The van der Waals surface area contributed by atoms with Crippen LogP contribution in [0.3, 0.4) is 0 Å². The molecule has 3 atom stereocenters. The second-order valence-electron chi connectivity index (χ2n) is 4.95. The predicted molar refractivity (Wildman–Crippen MR) is 69.7 cm³/mol. The second kappa shape index (κ2) is 6.19. The highest BCUT2D eigenvalue weighted by Gasteiger charge is 2.37. The molecule has 1 aliphatic rings. The Morgan fingerprint density at radius 3 is 2.80 bits per heavy atom. The summed E-state index contributed by atoms with van der Waals surface area (Å²) in [5.74, 6) is -0.483. The first-order valence-corrected chi connectivity index (χ1v) is 6.49. The quantitative estimate of drug-likeness (QED) is 0.846. The third kappa shape index (κ3) is 3.26. The maximum atomic E-state index is 13.0. The van der Waals surface area contributed by atoms with E-state index in [1.54, 1.807) is 13.1 Å². The van der Waals surface area contributed by atoms with Crippen LogP contribution in [0.1, 0.15) is 12.8 Å². The van der Waals surface area contributed by atoms with Gasteiger partial charge in [0.1, 0.15) is 17.7 Å². The van der Waals surface area contributed by atoms with Gasteiger partial charge in [-0.15, -0.1) is 0 Å². The van der Waals surface area contributed by atoms with Crippen molar-refractivity contribution in [3.8, 4) is 5.75 Å². The lowest BCUT2D eigenvalue weighted by Crippen LogP contribution is -2.45. The van der Waals surface area contributed by atoms with Crippen molar-refractivity contribution < 1.29 is 24.1 Å². The van der Waals surface area contributed by atoms with Gasteiger partial charge in [0.15, 0.2) is 6.61 Å². The van der Waals surface area contributed by atoms with E-state index in [0.717, 1.165) is 0 Å². The van der Waals surface area contributed by atoms with Crippen LogP contribution in [0.25, 0.3) is 0 Å². The van der Waals surface area contributed by atoms with E-state index in [2.05, 4.69) is 0 Å². The zero-order chi connectivity index (χ0) is 14.7. The molecule has 1 aromatic rings. The van der Waals surface area contributed by atoms with Crippen LogP contribution >= 0.6 is 0 Å². The van der Waals surface area contributed by atoms with Gasteiger partial charge < -0.3 is 19.8 Å². The molecule has 20 heavy (non-hydrogen) atoms. The third-order valence-electron chi connectivity index (χ3n) is 3.60. The molecular weight excluding hydrogens is 265 g/mol. The molecule has 2 rings (SSSR count). The number of ether oxygens (including phenoxy) is 1. The Labute approximate surface area is 116 Å². The summed E-state index contributed by atoms with van der Waals surface area (Å²) < 4.78 is 18.2. The number of rotatable bonds is 4. The van der Waals surface area contributed by atoms with Gasteiger partial charge in [-0.05, 0) is 25.0 Å². The number of hydrogen-bond donors (Lipinski definition) is 2. The van der Waals surface area contributed by atoms with Crippen LogP contribution in [0.15, 0.2) is 24.3 Å². The smallest absolute Gasteiger partial charge is 0.260 e. The van der Waals surface area contributed by atoms with E-state index in [0.29, 0.717) is 12.8 Å². The first-order valence-electron chi connectivity index (χ1n) is 6.49. The Balaban J connectivity index is 1.88. The van der Waals surface area contributed by atoms with Gasteiger partial charge in [0.2, 0.25) is 0 Å². The maximum absolute atomic E-state index is 13.0.